The lowest BCUT2D eigenvalue weighted by Crippen LogP contribution is -2.55. The van der Waals surface area contributed by atoms with Crippen molar-refractivity contribution in [3.05, 3.63) is 11.4 Å². The normalized spacial score (nSPS) is 22.9. The van der Waals surface area contributed by atoms with Gasteiger partial charge in [0.1, 0.15) is 4.90 Å². The van der Waals surface area contributed by atoms with E-state index in [-0.39, 0.29) is 12.6 Å². The van der Waals surface area contributed by atoms with Crippen LogP contribution in [0.1, 0.15) is 25.2 Å². The van der Waals surface area contributed by atoms with Gasteiger partial charge >= 0.3 is 0 Å². The molecule has 1 aromatic rings. The first-order valence-corrected chi connectivity index (χ1v) is 8.69. The van der Waals surface area contributed by atoms with Crippen LogP contribution >= 0.6 is 0 Å². The maximum Gasteiger partial charge on any atom is 0.246 e. The summed E-state index contributed by atoms with van der Waals surface area (Å²) in [6.07, 6.45) is -0.277. The van der Waals surface area contributed by atoms with Crippen molar-refractivity contribution >= 4 is 10.0 Å². The number of hydrogen-bond acceptors (Lipinski definition) is 5. The third kappa shape index (κ3) is 3.19. The fourth-order valence-corrected chi connectivity index (χ4v) is 4.98. The van der Waals surface area contributed by atoms with Crippen molar-refractivity contribution in [3.63, 3.8) is 0 Å². The predicted octanol–water partition coefficient (Wildman–Crippen LogP) is 0.851. The summed E-state index contributed by atoms with van der Waals surface area (Å²) in [7, 11) is -0.279. The highest BCUT2D eigenvalue weighted by molar-refractivity contribution is 7.89. The molecule has 1 saturated heterocycles. The average Bonchev–Trinajstić information content (AvgIpc) is 2.61. The van der Waals surface area contributed by atoms with Crippen molar-refractivity contribution in [1.82, 2.24) is 14.1 Å². The van der Waals surface area contributed by atoms with Crippen LogP contribution < -0.4 is 0 Å². The summed E-state index contributed by atoms with van der Waals surface area (Å²) in [6.45, 7) is 8.22. The van der Waals surface area contributed by atoms with Crippen LogP contribution in [-0.2, 0) is 26.5 Å². The maximum atomic E-state index is 13.1. The Morgan fingerprint density at radius 2 is 2.05 bits per heavy atom. The second kappa shape index (κ2) is 5.92. The van der Waals surface area contributed by atoms with Crippen LogP contribution in [0.5, 0.6) is 0 Å². The molecule has 2 rings (SSSR count). The van der Waals surface area contributed by atoms with Gasteiger partial charge in [0.25, 0.3) is 0 Å². The molecular weight excluding hydrogens is 306 g/mol. The molecule has 0 bridgehead atoms. The molecule has 126 valence electrons. The maximum absolute atomic E-state index is 13.1. The molecule has 1 fully saturated rings. The Bertz CT molecular complexity index is 651. The molecule has 0 N–H and O–H groups in total. The zero-order valence-electron chi connectivity index (χ0n) is 14.1. The largest absolute Gasteiger partial charge is 0.382 e. The monoisotopic (exact) mass is 331 g/mol. The molecule has 8 heteroatoms. The van der Waals surface area contributed by atoms with E-state index in [1.54, 1.807) is 32.7 Å². The highest BCUT2D eigenvalue weighted by Gasteiger charge is 2.41. The fraction of sp³-hybridized carbons (Fsp3) is 0.786. The van der Waals surface area contributed by atoms with E-state index in [9.17, 15) is 8.42 Å². The summed E-state index contributed by atoms with van der Waals surface area (Å²) >= 11 is 0. The molecule has 0 aliphatic carbocycles. The second-order valence-electron chi connectivity index (χ2n) is 6.38. The Kier molecular flexibility index (Phi) is 4.68. The number of methoxy groups -OCH3 is 1. The average molecular weight is 331 g/mol. The zero-order chi connectivity index (χ0) is 16.7. The van der Waals surface area contributed by atoms with Crippen LogP contribution in [0.4, 0.5) is 0 Å². The first-order chi connectivity index (χ1) is 10.1. The van der Waals surface area contributed by atoms with Gasteiger partial charge in [-0.15, -0.1) is 0 Å². The van der Waals surface area contributed by atoms with E-state index < -0.39 is 15.6 Å². The molecule has 0 aromatic carbocycles. The van der Waals surface area contributed by atoms with E-state index in [1.165, 1.54) is 4.31 Å². The quantitative estimate of drug-likeness (QED) is 0.818. The molecule has 7 nitrogen and oxygen atoms in total. The highest BCUT2D eigenvalue weighted by atomic mass is 32.2. The highest BCUT2D eigenvalue weighted by Crippen LogP contribution is 2.29. The van der Waals surface area contributed by atoms with Crippen LogP contribution in [0, 0.1) is 13.8 Å². The standard InChI is InChI=1S/C14H25N3O4S/c1-10-13(11(2)16(5)15-10)22(18,19)17-7-12(8-20-6)21-14(3,4)9-17/h12H,7-9H2,1-6H3/t12-/m1/s1. The van der Waals surface area contributed by atoms with E-state index in [0.717, 1.165) is 0 Å². The summed E-state index contributed by atoms with van der Waals surface area (Å²) in [5.41, 5.74) is 0.608. The van der Waals surface area contributed by atoms with Crippen LogP contribution in [0.3, 0.4) is 0 Å². The van der Waals surface area contributed by atoms with Gasteiger partial charge in [-0.3, -0.25) is 4.68 Å². The summed E-state index contributed by atoms with van der Waals surface area (Å²) in [5, 5.41) is 4.22. The van der Waals surface area contributed by atoms with Gasteiger partial charge < -0.3 is 9.47 Å². The lowest BCUT2D eigenvalue weighted by molar-refractivity contribution is -0.135. The van der Waals surface area contributed by atoms with Crippen molar-refractivity contribution in [2.75, 3.05) is 26.8 Å². The fourth-order valence-electron chi connectivity index (χ4n) is 2.95. The molecular formula is C14H25N3O4S. The first kappa shape index (κ1) is 17.4. The van der Waals surface area contributed by atoms with E-state index >= 15 is 0 Å². The van der Waals surface area contributed by atoms with E-state index in [2.05, 4.69) is 5.10 Å². The molecule has 1 atom stereocenters. The minimum atomic E-state index is -3.61. The van der Waals surface area contributed by atoms with Gasteiger partial charge in [-0.25, -0.2) is 8.42 Å². The minimum absolute atomic E-state index is 0.277. The van der Waals surface area contributed by atoms with Crippen LogP contribution in [0.2, 0.25) is 0 Å². The number of aromatic nitrogens is 2. The van der Waals surface area contributed by atoms with Gasteiger partial charge in [0, 0.05) is 27.2 Å². The van der Waals surface area contributed by atoms with Crippen LogP contribution in [-0.4, -0.2) is 61.0 Å². The van der Waals surface area contributed by atoms with E-state index in [0.29, 0.717) is 29.4 Å². The van der Waals surface area contributed by atoms with Gasteiger partial charge in [0.15, 0.2) is 0 Å². The molecule has 0 radical (unpaired) electrons. The van der Waals surface area contributed by atoms with Crippen molar-refractivity contribution in [3.8, 4) is 0 Å². The molecule has 0 spiro atoms. The summed E-state index contributed by atoms with van der Waals surface area (Å²) < 4.78 is 40.2. The third-order valence-electron chi connectivity index (χ3n) is 3.84. The summed E-state index contributed by atoms with van der Waals surface area (Å²) in [5.74, 6) is 0. The Hall–Kier alpha value is -0.960. The van der Waals surface area contributed by atoms with Crippen LogP contribution in [0.25, 0.3) is 0 Å². The molecule has 1 aliphatic rings. The number of morpholine rings is 1. The van der Waals surface area contributed by atoms with E-state index in [4.69, 9.17) is 9.47 Å². The van der Waals surface area contributed by atoms with Gasteiger partial charge in [0.05, 0.1) is 29.7 Å². The van der Waals surface area contributed by atoms with Gasteiger partial charge in [-0.2, -0.15) is 9.40 Å². The topological polar surface area (TPSA) is 73.7 Å². The lowest BCUT2D eigenvalue weighted by Gasteiger charge is -2.41. The van der Waals surface area contributed by atoms with Crippen molar-refractivity contribution in [2.24, 2.45) is 7.05 Å². The molecule has 1 aromatic heterocycles. The number of aryl methyl sites for hydroxylation is 2. The molecule has 2 heterocycles. The van der Waals surface area contributed by atoms with Gasteiger partial charge in [0.2, 0.25) is 10.0 Å². The van der Waals surface area contributed by atoms with Crippen molar-refractivity contribution in [2.45, 2.75) is 44.3 Å². The molecule has 0 saturated carbocycles. The van der Waals surface area contributed by atoms with Gasteiger partial charge in [-0.1, -0.05) is 0 Å². The number of hydrogen-bond donors (Lipinski definition) is 0. The molecule has 0 unspecified atom stereocenters. The predicted molar refractivity (Wildman–Crippen MR) is 82.3 cm³/mol. The van der Waals surface area contributed by atoms with E-state index in [1.807, 2.05) is 13.8 Å². The Morgan fingerprint density at radius 3 is 2.55 bits per heavy atom. The lowest BCUT2D eigenvalue weighted by atomic mass is 10.1. The SMILES string of the molecule is COC[C@H]1CN(S(=O)(=O)c2c(C)nn(C)c2C)CC(C)(C)O1. The minimum Gasteiger partial charge on any atom is -0.382 e. The molecule has 1 aliphatic heterocycles. The molecule has 22 heavy (non-hydrogen) atoms. The third-order valence-corrected chi connectivity index (χ3v) is 5.91. The number of rotatable bonds is 4. The Morgan fingerprint density at radius 1 is 1.41 bits per heavy atom. The van der Waals surface area contributed by atoms with Crippen LogP contribution in [0.15, 0.2) is 4.90 Å². The number of ether oxygens (including phenoxy) is 2. The van der Waals surface area contributed by atoms with Crippen molar-refractivity contribution in [1.29, 1.82) is 0 Å². The first-order valence-electron chi connectivity index (χ1n) is 7.25. The summed E-state index contributed by atoms with van der Waals surface area (Å²) in [4.78, 5) is 0.295. The summed E-state index contributed by atoms with van der Waals surface area (Å²) in [6, 6.07) is 0. The molecule has 0 amide bonds. The van der Waals surface area contributed by atoms with Crippen molar-refractivity contribution < 1.29 is 17.9 Å². The Balaban J connectivity index is 2.39. The number of sulfonamides is 1. The number of nitrogens with zero attached hydrogens (tertiary/aromatic N) is 3. The zero-order valence-corrected chi connectivity index (χ0v) is 14.9. The van der Waals surface area contributed by atoms with Gasteiger partial charge in [-0.05, 0) is 27.7 Å². The Labute approximate surface area is 132 Å². The second-order valence-corrected chi connectivity index (χ2v) is 8.25. The smallest absolute Gasteiger partial charge is 0.246 e.